The molecule has 7 heterocycles. The zero-order valence-corrected chi connectivity index (χ0v) is 53.9. The van der Waals surface area contributed by atoms with Gasteiger partial charge in [0.05, 0.1) is 42.0 Å². The molecule has 22 nitrogen and oxygen atoms in total. The molecular weight excluding hydrogens is 1220 g/mol. The molecule has 8 aliphatic carbocycles. The van der Waals surface area contributed by atoms with Gasteiger partial charge in [0, 0.05) is 83.1 Å². The molecule has 23 heteroatoms. The minimum Gasteiger partial charge on any atom is -0.484 e. The molecule has 0 radical (unpaired) electrons. The van der Waals surface area contributed by atoms with E-state index in [1.165, 1.54) is 0 Å². The van der Waals surface area contributed by atoms with E-state index in [0.29, 0.717) is 43.2 Å². The number of ether oxygens (including phenoxy) is 7. The summed E-state index contributed by atoms with van der Waals surface area (Å²) in [6, 6.07) is 10.2. The second-order valence-electron chi connectivity index (χ2n) is 29.5. The number of nitrogens with zero attached hydrogens (tertiary/aromatic N) is 4. The lowest BCUT2D eigenvalue weighted by Gasteiger charge is -2.66. The van der Waals surface area contributed by atoms with Crippen molar-refractivity contribution >= 4 is 41.3 Å². The van der Waals surface area contributed by atoms with E-state index in [4.69, 9.17) is 54.2 Å². The van der Waals surface area contributed by atoms with E-state index in [-0.39, 0.29) is 118 Å². The maximum atomic E-state index is 13.7. The molecule has 0 spiro atoms. The summed E-state index contributed by atoms with van der Waals surface area (Å²) in [5, 5.41) is 36.4. The van der Waals surface area contributed by atoms with Crippen LogP contribution in [-0.4, -0.2) is 113 Å². The number of hydrogen-bond donors (Lipinski definition) is 3. The van der Waals surface area contributed by atoms with Gasteiger partial charge in [-0.15, -0.1) is 0 Å². The lowest BCUT2D eigenvalue weighted by molar-refractivity contribution is -0.267. The number of rotatable bonds is 13. The molecule has 2 aliphatic heterocycles. The quantitative estimate of drug-likeness (QED) is 0.0562. The molecule has 0 amide bonds. The topological polar surface area (TPSA) is 298 Å². The number of carbonyl (C=O) groups is 4. The van der Waals surface area contributed by atoms with Crippen molar-refractivity contribution in [1.29, 1.82) is 0 Å². The van der Waals surface area contributed by atoms with Gasteiger partial charge in [-0.3, -0.25) is 33.7 Å². The lowest BCUT2D eigenvalue weighted by atomic mass is 9.42. The molecule has 10 aliphatic rings. The van der Waals surface area contributed by atoms with Crippen LogP contribution in [0.3, 0.4) is 0 Å². The monoisotopic (exact) mass is 1300 g/mol. The Kier molecular flexibility index (Phi) is 15.8. The highest BCUT2D eigenvalue weighted by atomic mass is 32.1. The van der Waals surface area contributed by atoms with Gasteiger partial charge in [-0.25, -0.2) is 14.6 Å². The summed E-state index contributed by atoms with van der Waals surface area (Å²) in [5.74, 6) is -2.55. The molecule has 0 aromatic carbocycles. The van der Waals surface area contributed by atoms with Crippen molar-refractivity contribution in [1.82, 2.24) is 19.5 Å². The summed E-state index contributed by atoms with van der Waals surface area (Å²) in [4.78, 5) is 91.2. The van der Waals surface area contributed by atoms with Crippen LogP contribution in [0.5, 0.6) is 11.5 Å². The van der Waals surface area contributed by atoms with Gasteiger partial charge in [-0.05, 0) is 163 Å². The zero-order chi connectivity index (χ0) is 65.3. The van der Waals surface area contributed by atoms with Crippen LogP contribution in [0.1, 0.15) is 155 Å². The van der Waals surface area contributed by atoms with Gasteiger partial charge >= 0.3 is 35.1 Å². The largest absolute Gasteiger partial charge is 0.484 e. The number of thiocarbonyl (C=S) groups is 1. The van der Waals surface area contributed by atoms with Crippen molar-refractivity contribution in [3.05, 3.63) is 112 Å². The first-order valence-corrected chi connectivity index (χ1v) is 33.3. The van der Waals surface area contributed by atoms with Crippen LogP contribution in [-0.2, 0) is 42.9 Å². The number of imidazole rings is 1. The van der Waals surface area contributed by atoms with Gasteiger partial charge in [-0.2, -0.15) is 0 Å². The Morgan fingerprint density at radius 1 is 0.570 bits per heavy atom. The minimum atomic E-state index is -1.31. The molecule has 4 unspecified atom stereocenters. The van der Waals surface area contributed by atoms with Crippen molar-refractivity contribution in [3.63, 3.8) is 0 Å². The van der Waals surface area contributed by atoms with E-state index < -0.39 is 92.6 Å². The molecule has 15 rings (SSSR count). The average molecular weight is 1300 g/mol. The van der Waals surface area contributed by atoms with E-state index in [1.807, 2.05) is 20.8 Å². The zero-order valence-electron chi connectivity index (χ0n) is 53.1. The van der Waals surface area contributed by atoms with Crippen LogP contribution in [0, 0.1) is 69.0 Å². The number of aliphatic hydroxyl groups excluding tert-OH is 3. The van der Waals surface area contributed by atoms with E-state index in [9.17, 15) is 44.1 Å². The molecule has 3 N–H and O–H groups in total. The maximum absolute atomic E-state index is 13.7. The van der Waals surface area contributed by atoms with Crippen molar-refractivity contribution in [2.45, 2.75) is 179 Å². The Labute approximate surface area is 542 Å². The Morgan fingerprint density at radius 3 is 1.44 bits per heavy atom. The average Bonchev–Trinajstić information content (AvgIpc) is 1.35. The highest BCUT2D eigenvalue weighted by Gasteiger charge is 2.73. The predicted molar refractivity (Wildman–Crippen MR) is 332 cm³/mol. The van der Waals surface area contributed by atoms with Gasteiger partial charge in [0.1, 0.15) is 83.2 Å². The number of pyridine rings is 2. The van der Waals surface area contributed by atoms with Gasteiger partial charge in [-0.1, -0.05) is 27.7 Å². The molecule has 5 aromatic rings. The number of aliphatic hydroxyl groups is 3. The van der Waals surface area contributed by atoms with Gasteiger partial charge < -0.3 is 57.3 Å². The summed E-state index contributed by atoms with van der Waals surface area (Å²) in [6.45, 7) is 11.9. The molecule has 5 aromatic heterocycles. The van der Waals surface area contributed by atoms with E-state index in [0.717, 1.165) is 51.4 Å². The molecule has 0 saturated heterocycles. The third kappa shape index (κ3) is 11.0. The van der Waals surface area contributed by atoms with Crippen LogP contribution in [0.15, 0.2) is 98.3 Å². The number of fused-ring (bicyclic) bond motifs is 8. The standard InChI is InChI=1S/C37H41N3O9S.C33H39NO9/c1-35-11-10-26(47-32(43)21-8-9-21)36(2,18-45-31(42)20-6-7-20)25(35)16-27(48-34(50)40-14-13-39-19-40)37(3)30(35)29(41)28-24(49-37)15-23(46-33(28)44)22-5-4-12-38-17-22;1-31-11-10-24(42-29(38)18-8-9-18)32(2,16-40-28(37)17-6-7-17)22(31)14-23(35)33(3)27(31)26(36)25-21(43-33)13-20(41-30(25)39)19-5-4-12-34-15-19/h4-5,12-15,17,19-21,25-27,29-30,41H,6-11,16,18H2,1-3H3;4-5,12-13,15,17-18,22-24,26-27,35-36H,6-11,14,16H2,1-3H3/t25?,26-,27-,29-,30?,35-,36+,37+;22?,23-,24-,26-,27?,31-,32+,33+/m00/s1. The van der Waals surface area contributed by atoms with Crippen molar-refractivity contribution in [2.75, 3.05) is 13.2 Å². The van der Waals surface area contributed by atoms with Crippen LogP contribution in [0.4, 0.5) is 0 Å². The van der Waals surface area contributed by atoms with Crippen molar-refractivity contribution < 1.29 is 76.5 Å². The first-order chi connectivity index (χ1) is 44.4. The summed E-state index contributed by atoms with van der Waals surface area (Å²) in [5.41, 5.74) is -5.72. The van der Waals surface area contributed by atoms with Gasteiger partial charge in [0.2, 0.25) is 0 Å². The Hall–Kier alpha value is -7.34. The van der Waals surface area contributed by atoms with E-state index >= 15 is 0 Å². The molecule has 93 heavy (non-hydrogen) atoms. The Bertz CT molecular complexity index is 3870. The molecule has 494 valence electrons. The Morgan fingerprint density at radius 2 is 1.01 bits per heavy atom. The fraction of sp³-hybridized carbons (Fsp3) is 0.600. The minimum absolute atomic E-state index is 0.0216. The van der Waals surface area contributed by atoms with Crippen LogP contribution in [0.25, 0.3) is 22.6 Å². The molecule has 8 saturated carbocycles. The van der Waals surface area contributed by atoms with E-state index in [2.05, 4.69) is 28.8 Å². The second kappa shape index (κ2) is 23.2. The summed E-state index contributed by atoms with van der Waals surface area (Å²) >= 11 is 5.75. The predicted octanol–water partition coefficient (Wildman–Crippen LogP) is 8.98. The van der Waals surface area contributed by atoms with Gasteiger partial charge in [0.25, 0.3) is 5.17 Å². The summed E-state index contributed by atoms with van der Waals surface area (Å²) < 4.78 is 57.3. The smallest absolute Gasteiger partial charge is 0.345 e. The SMILES string of the molecule is C[C@]12CC[C@H](OC(=O)C3CC3)[C@](C)(COC(=O)C3CC3)C1C[C@H](O)[C@@]1(C)Oc3cc(-c4cccnc4)oc(=O)c3[C@H](O)C21.C[C@]12CC[C@H](OC(=O)C3CC3)[C@](C)(COC(=O)C3CC3)C1C[C@H](OC(=S)n1ccnc1)[C@@]1(C)Oc3cc(-c4cccnc4)oc(=O)c3[C@H](O)C21. The lowest BCUT2D eigenvalue weighted by Crippen LogP contribution is -2.71. The summed E-state index contributed by atoms with van der Waals surface area (Å²) in [6.07, 6.45) is 14.9. The van der Waals surface area contributed by atoms with Crippen LogP contribution < -0.4 is 20.7 Å². The maximum Gasteiger partial charge on any atom is 0.345 e. The summed E-state index contributed by atoms with van der Waals surface area (Å²) in [7, 11) is 0. The number of esters is 4. The number of aromatic nitrogens is 4. The number of carbonyl (C=O) groups excluding carboxylic acids is 4. The second-order valence-corrected chi connectivity index (χ2v) is 29.8. The number of hydrogen-bond acceptors (Lipinski definition) is 22. The van der Waals surface area contributed by atoms with Crippen LogP contribution >= 0.6 is 12.2 Å². The third-order valence-corrected chi connectivity index (χ3v) is 23.6. The molecular formula is C70H80N4O18S. The van der Waals surface area contributed by atoms with Gasteiger partial charge in [0.15, 0.2) is 0 Å². The van der Waals surface area contributed by atoms with Crippen molar-refractivity contribution in [3.8, 4) is 34.1 Å². The first-order valence-electron chi connectivity index (χ1n) is 32.9. The normalized spacial score (nSPS) is 36.1. The van der Waals surface area contributed by atoms with Crippen molar-refractivity contribution in [2.24, 2.45) is 69.0 Å². The third-order valence-electron chi connectivity index (χ3n) is 23.3. The molecule has 8 fully saturated rings. The highest BCUT2D eigenvalue weighted by molar-refractivity contribution is 7.80. The highest BCUT2D eigenvalue weighted by Crippen LogP contribution is 2.70. The first kappa shape index (κ1) is 63.1. The fourth-order valence-electron chi connectivity index (χ4n) is 17.6. The Balaban J connectivity index is 0.000000163. The fourth-order valence-corrected chi connectivity index (χ4v) is 17.8. The van der Waals surface area contributed by atoms with E-state index in [1.54, 1.807) is 91.4 Å². The van der Waals surface area contributed by atoms with Crippen LogP contribution in [0.2, 0.25) is 0 Å². The molecule has 0 bridgehead atoms. The molecule has 16 atom stereocenters.